The highest BCUT2D eigenvalue weighted by Gasteiger charge is 2.23. The molecule has 7 heterocycles. The summed E-state index contributed by atoms with van der Waals surface area (Å²) in [7, 11) is 0. The fourth-order valence-electron chi connectivity index (χ4n) is 5.91. The van der Waals surface area contributed by atoms with Crippen LogP contribution >= 0.6 is 0 Å². The molecule has 0 unspecified atom stereocenters. The third kappa shape index (κ3) is 5.11. The molecular weight excluding hydrogens is 680 g/mol. The van der Waals surface area contributed by atoms with Gasteiger partial charge in [-0.05, 0) is 24.3 Å². The molecule has 0 saturated heterocycles. The molecular formula is C34H20F4N14. The van der Waals surface area contributed by atoms with Crippen LogP contribution in [0.3, 0.4) is 0 Å². The average molecular weight is 701 g/mol. The number of hydrogen-bond acceptors (Lipinski definition) is 12. The lowest BCUT2D eigenvalue weighted by atomic mass is 10.2. The number of anilines is 2. The van der Waals surface area contributed by atoms with E-state index in [1.165, 1.54) is 33.6 Å². The molecule has 0 aliphatic carbocycles. The number of nitrogens with zero attached hydrogens (tertiary/aromatic N) is 12. The van der Waals surface area contributed by atoms with E-state index in [1.54, 1.807) is 36.4 Å². The first-order valence-electron chi connectivity index (χ1n) is 15.5. The number of aromatic nitrogens is 12. The van der Waals surface area contributed by atoms with Gasteiger partial charge in [0.2, 0.25) is 0 Å². The summed E-state index contributed by atoms with van der Waals surface area (Å²) in [4.78, 5) is 35.3. The number of halogens is 4. The predicted molar refractivity (Wildman–Crippen MR) is 181 cm³/mol. The molecule has 0 aliphatic heterocycles. The molecule has 52 heavy (non-hydrogen) atoms. The van der Waals surface area contributed by atoms with Gasteiger partial charge in [0.1, 0.15) is 34.7 Å². The maximum Gasteiger partial charge on any atom is 0.186 e. The van der Waals surface area contributed by atoms with E-state index >= 15 is 0 Å². The highest BCUT2D eigenvalue weighted by atomic mass is 19.1. The minimum atomic E-state index is -0.641. The third-order valence-corrected chi connectivity index (χ3v) is 8.31. The first kappa shape index (κ1) is 30.8. The van der Waals surface area contributed by atoms with Crippen LogP contribution in [0.2, 0.25) is 0 Å². The van der Waals surface area contributed by atoms with Crippen molar-refractivity contribution in [2.75, 3.05) is 11.5 Å². The van der Waals surface area contributed by atoms with Crippen LogP contribution in [0.5, 0.6) is 0 Å². The number of nitrogens with two attached hydrogens (primary N) is 2. The maximum absolute atomic E-state index is 14.6. The third-order valence-electron chi connectivity index (χ3n) is 8.31. The SMILES string of the molecule is Nc1nc(-c2nn(Cc3ccccc3F)c3ncc(F)cc23)nc2nc3nc(-c4nn(Cc5ccccc5F)c5ncc(F)cc45)nc(N)c3nc12. The van der Waals surface area contributed by atoms with Gasteiger partial charge in [0.25, 0.3) is 0 Å². The van der Waals surface area contributed by atoms with E-state index < -0.39 is 23.3 Å². The normalized spacial score (nSPS) is 11.8. The van der Waals surface area contributed by atoms with E-state index in [4.69, 9.17) is 11.5 Å². The van der Waals surface area contributed by atoms with E-state index in [1.807, 2.05) is 0 Å². The molecule has 0 amide bonds. The second-order valence-corrected chi connectivity index (χ2v) is 11.7. The van der Waals surface area contributed by atoms with Crippen LogP contribution < -0.4 is 11.5 Å². The van der Waals surface area contributed by atoms with Crippen molar-refractivity contribution in [3.05, 3.63) is 107 Å². The lowest BCUT2D eigenvalue weighted by Crippen LogP contribution is -2.07. The van der Waals surface area contributed by atoms with Crippen molar-refractivity contribution in [3.63, 3.8) is 0 Å². The molecule has 254 valence electrons. The second-order valence-electron chi connectivity index (χ2n) is 11.7. The molecule has 0 aliphatic rings. The van der Waals surface area contributed by atoms with Gasteiger partial charge in [0.15, 0.2) is 56.9 Å². The molecule has 4 N–H and O–H groups in total. The lowest BCUT2D eigenvalue weighted by molar-refractivity contribution is 0.588. The Bertz CT molecular complexity index is 2720. The van der Waals surface area contributed by atoms with Crippen molar-refractivity contribution in [3.8, 4) is 23.0 Å². The zero-order valence-electron chi connectivity index (χ0n) is 26.4. The number of nitrogen functional groups attached to an aromatic ring is 2. The zero-order chi connectivity index (χ0) is 35.7. The van der Waals surface area contributed by atoms with E-state index in [0.29, 0.717) is 11.1 Å². The molecule has 0 radical (unpaired) electrons. The van der Waals surface area contributed by atoms with Gasteiger partial charge in [-0.25, -0.2) is 66.8 Å². The highest BCUT2D eigenvalue weighted by molar-refractivity contribution is 5.96. The Morgan fingerprint density at radius 3 is 1.42 bits per heavy atom. The summed E-state index contributed by atoms with van der Waals surface area (Å²) in [5.74, 6) is -2.45. The summed E-state index contributed by atoms with van der Waals surface area (Å²) in [5.41, 5.74) is 14.2. The summed E-state index contributed by atoms with van der Waals surface area (Å²) in [6, 6.07) is 14.8. The quantitative estimate of drug-likeness (QED) is 0.175. The molecule has 2 aromatic carbocycles. The minimum absolute atomic E-state index is 0.0112. The van der Waals surface area contributed by atoms with Crippen LogP contribution in [-0.2, 0) is 13.1 Å². The largest absolute Gasteiger partial charge is 0.382 e. The first-order chi connectivity index (χ1) is 25.2. The molecule has 0 fully saturated rings. The van der Waals surface area contributed by atoms with Crippen LogP contribution in [0.25, 0.3) is 67.4 Å². The topological polar surface area (TPSA) is 191 Å². The molecule has 0 saturated carbocycles. The minimum Gasteiger partial charge on any atom is -0.382 e. The van der Waals surface area contributed by atoms with Crippen molar-refractivity contribution in [2.45, 2.75) is 13.1 Å². The molecule has 0 bridgehead atoms. The summed E-state index contributed by atoms with van der Waals surface area (Å²) < 4.78 is 60.9. The molecule has 9 aromatic rings. The summed E-state index contributed by atoms with van der Waals surface area (Å²) in [5, 5.41) is 9.62. The molecule has 14 nitrogen and oxygen atoms in total. The van der Waals surface area contributed by atoms with Gasteiger partial charge < -0.3 is 11.5 Å². The fraction of sp³-hybridized carbons (Fsp3) is 0.0588. The van der Waals surface area contributed by atoms with Crippen molar-refractivity contribution in [1.29, 1.82) is 0 Å². The highest BCUT2D eigenvalue weighted by Crippen LogP contribution is 2.31. The van der Waals surface area contributed by atoms with Crippen LogP contribution in [0.1, 0.15) is 11.1 Å². The van der Waals surface area contributed by atoms with Gasteiger partial charge in [0, 0.05) is 11.1 Å². The smallest absolute Gasteiger partial charge is 0.186 e. The Labute approximate surface area is 287 Å². The number of fused-ring (bicyclic) bond motifs is 4. The van der Waals surface area contributed by atoms with Crippen molar-refractivity contribution in [1.82, 2.24) is 59.4 Å². The zero-order valence-corrected chi connectivity index (χ0v) is 26.4. The van der Waals surface area contributed by atoms with E-state index in [9.17, 15) is 17.6 Å². The van der Waals surface area contributed by atoms with Gasteiger partial charge in [-0.3, -0.25) is 0 Å². The van der Waals surface area contributed by atoms with E-state index in [2.05, 4.69) is 50.1 Å². The Hall–Kier alpha value is -7.24. The molecule has 0 atom stereocenters. The fourth-order valence-corrected chi connectivity index (χ4v) is 5.91. The molecule has 18 heteroatoms. The molecule has 7 aromatic heterocycles. The van der Waals surface area contributed by atoms with Crippen LogP contribution in [0.4, 0.5) is 29.2 Å². The molecule has 9 rings (SSSR count). The van der Waals surface area contributed by atoms with Gasteiger partial charge >= 0.3 is 0 Å². The lowest BCUT2D eigenvalue weighted by Gasteiger charge is -2.07. The summed E-state index contributed by atoms with van der Waals surface area (Å²) in [6.07, 6.45) is 2.05. The van der Waals surface area contributed by atoms with Gasteiger partial charge in [0.05, 0.1) is 36.3 Å². The molecule has 0 spiro atoms. The van der Waals surface area contributed by atoms with Crippen LogP contribution in [0, 0.1) is 23.3 Å². The van der Waals surface area contributed by atoms with Crippen LogP contribution in [-0.4, -0.2) is 59.4 Å². The predicted octanol–water partition coefficient (Wildman–Crippen LogP) is 5.00. The number of pyridine rings is 2. The summed E-state index contributed by atoms with van der Waals surface area (Å²) in [6.45, 7) is -0.0309. The van der Waals surface area contributed by atoms with E-state index in [0.717, 1.165) is 12.4 Å². The number of hydrogen-bond donors (Lipinski definition) is 2. The van der Waals surface area contributed by atoms with Crippen molar-refractivity contribution < 1.29 is 17.6 Å². The summed E-state index contributed by atoms with van der Waals surface area (Å²) >= 11 is 0. The Morgan fingerprint density at radius 1 is 0.538 bits per heavy atom. The maximum atomic E-state index is 14.6. The van der Waals surface area contributed by atoms with Gasteiger partial charge in [-0.15, -0.1) is 0 Å². The average Bonchev–Trinajstić information content (AvgIpc) is 3.66. The number of benzene rings is 2. The Morgan fingerprint density at radius 2 is 0.981 bits per heavy atom. The van der Waals surface area contributed by atoms with Crippen molar-refractivity contribution >= 4 is 56.0 Å². The van der Waals surface area contributed by atoms with E-state index in [-0.39, 0.29) is 92.2 Å². The standard InChI is InChI=1S/C34H20F4N14/c35-17-9-19-23(49-51(33(19)41-11-17)13-15-5-1-3-7-21(15)37)29-44-27(39)25-31(46-29)48-32-26(43-25)28(40)45-30(47-32)24-20-10-18(36)12-42-34(20)52(50-24)14-16-6-2-4-8-22(16)38/h1-12H,13-14H2,(H4,39,40,44,45,46,47,48). The van der Waals surface area contributed by atoms with Gasteiger partial charge in [-0.2, -0.15) is 10.2 Å². The Kier molecular flexibility index (Phi) is 6.92. The van der Waals surface area contributed by atoms with Gasteiger partial charge in [-0.1, -0.05) is 36.4 Å². The number of rotatable bonds is 6. The monoisotopic (exact) mass is 700 g/mol. The Balaban J connectivity index is 1.18. The van der Waals surface area contributed by atoms with Crippen molar-refractivity contribution in [2.24, 2.45) is 0 Å². The first-order valence-corrected chi connectivity index (χ1v) is 15.5. The second kappa shape index (κ2) is 11.7. The van der Waals surface area contributed by atoms with Crippen LogP contribution in [0.15, 0.2) is 73.1 Å².